The van der Waals surface area contributed by atoms with Crippen LogP contribution in [0.25, 0.3) is 11.4 Å². The Morgan fingerprint density at radius 1 is 1.00 bits per heavy atom. The van der Waals surface area contributed by atoms with Gasteiger partial charge in [-0.1, -0.05) is 11.6 Å². The van der Waals surface area contributed by atoms with Gasteiger partial charge in [0, 0.05) is 35.6 Å². The quantitative estimate of drug-likeness (QED) is 0.355. The van der Waals surface area contributed by atoms with Crippen molar-refractivity contribution in [3.8, 4) is 11.4 Å². The molecule has 176 valence electrons. The van der Waals surface area contributed by atoms with Gasteiger partial charge in [0.15, 0.2) is 5.82 Å². The molecule has 11 heteroatoms. The number of carbonyl (C=O) groups is 2. The Morgan fingerprint density at radius 2 is 1.59 bits per heavy atom. The summed E-state index contributed by atoms with van der Waals surface area (Å²) < 4.78 is 5.28. The molecule has 0 spiro atoms. The number of amides is 3. The van der Waals surface area contributed by atoms with Gasteiger partial charge >= 0.3 is 6.03 Å². The van der Waals surface area contributed by atoms with Gasteiger partial charge in [0.1, 0.15) is 11.0 Å². The Morgan fingerprint density at radius 3 is 2.15 bits per heavy atom. The predicted octanol–water partition coefficient (Wildman–Crippen LogP) is 4.22. The van der Waals surface area contributed by atoms with Gasteiger partial charge in [-0.15, -0.1) is 11.8 Å². The van der Waals surface area contributed by atoms with Gasteiger partial charge in [-0.3, -0.25) is 4.79 Å². The summed E-state index contributed by atoms with van der Waals surface area (Å²) >= 11 is 7.57. The van der Waals surface area contributed by atoms with E-state index in [4.69, 9.17) is 22.1 Å². The molecule has 1 fully saturated rings. The molecule has 1 aliphatic heterocycles. The second kappa shape index (κ2) is 10.7. The first-order valence-corrected chi connectivity index (χ1v) is 12.1. The fourth-order valence-electron chi connectivity index (χ4n) is 3.40. The summed E-state index contributed by atoms with van der Waals surface area (Å²) in [6.45, 7) is 2.25. The van der Waals surface area contributed by atoms with Gasteiger partial charge in [-0.25, -0.2) is 14.8 Å². The van der Waals surface area contributed by atoms with E-state index in [1.165, 1.54) is 11.8 Å². The number of ether oxygens (including phenoxy) is 1. The van der Waals surface area contributed by atoms with Gasteiger partial charge in [0.05, 0.1) is 18.1 Å². The SMILES string of the molecule is CSc1c(N)nc(-c2ccc(NC(=O)Nc3ccc(C(=O)N4CCOCC4)cc3)cc2)nc1Cl. The number of nitrogens with one attached hydrogen (secondary N) is 2. The van der Waals surface area contributed by atoms with E-state index < -0.39 is 6.03 Å². The van der Waals surface area contributed by atoms with Crippen LogP contribution in [0, 0.1) is 0 Å². The van der Waals surface area contributed by atoms with Crippen molar-refractivity contribution in [1.82, 2.24) is 14.9 Å². The maximum atomic E-state index is 12.5. The number of nitrogens with two attached hydrogens (primary N) is 1. The first-order chi connectivity index (χ1) is 16.4. The lowest BCUT2D eigenvalue weighted by Crippen LogP contribution is -2.40. The molecule has 9 nitrogen and oxygen atoms in total. The van der Waals surface area contributed by atoms with E-state index in [2.05, 4.69) is 20.6 Å². The van der Waals surface area contributed by atoms with E-state index in [0.717, 1.165) is 0 Å². The largest absolute Gasteiger partial charge is 0.383 e. The third kappa shape index (κ3) is 5.58. The zero-order valence-corrected chi connectivity index (χ0v) is 19.9. The second-order valence-corrected chi connectivity index (χ2v) is 8.57. The number of carbonyl (C=O) groups excluding carboxylic acids is 2. The zero-order valence-electron chi connectivity index (χ0n) is 18.4. The molecule has 3 aromatic rings. The minimum atomic E-state index is -0.409. The summed E-state index contributed by atoms with van der Waals surface area (Å²) in [4.78, 5) is 35.9. The second-order valence-electron chi connectivity index (χ2n) is 7.39. The molecule has 34 heavy (non-hydrogen) atoms. The lowest BCUT2D eigenvalue weighted by atomic mass is 10.1. The maximum absolute atomic E-state index is 12.5. The standard InChI is InChI=1S/C23H23ClN6O3S/c1-34-18-19(24)28-21(29-20(18)25)14-2-6-16(7-3-14)26-23(32)27-17-8-4-15(5-9-17)22(31)30-10-12-33-13-11-30/h2-9H,10-13H2,1H3,(H2,25,28,29)(H2,26,27,32). The van der Waals surface area contributed by atoms with Gasteiger partial charge in [-0.05, 0) is 54.8 Å². The highest BCUT2D eigenvalue weighted by Gasteiger charge is 2.18. The molecular weight excluding hydrogens is 476 g/mol. The number of urea groups is 1. The highest BCUT2D eigenvalue weighted by Crippen LogP contribution is 2.31. The number of rotatable bonds is 5. The highest BCUT2D eigenvalue weighted by atomic mass is 35.5. The Bertz CT molecular complexity index is 1160. The summed E-state index contributed by atoms with van der Waals surface area (Å²) in [7, 11) is 0. The number of anilines is 3. The number of aromatic nitrogens is 2. The van der Waals surface area contributed by atoms with Crippen LogP contribution in [0.15, 0.2) is 53.4 Å². The lowest BCUT2D eigenvalue weighted by Gasteiger charge is -2.26. The highest BCUT2D eigenvalue weighted by molar-refractivity contribution is 7.98. The molecule has 1 aromatic heterocycles. The van der Waals surface area contributed by atoms with Crippen LogP contribution in [0.5, 0.6) is 0 Å². The molecule has 3 amide bonds. The van der Waals surface area contributed by atoms with Gasteiger partial charge in [0.2, 0.25) is 0 Å². The smallest absolute Gasteiger partial charge is 0.323 e. The van der Waals surface area contributed by atoms with Crippen molar-refractivity contribution in [2.24, 2.45) is 0 Å². The molecule has 1 aliphatic rings. The topological polar surface area (TPSA) is 122 Å². The van der Waals surface area contributed by atoms with Crippen LogP contribution >= 0.6 is 23.4 Å². The molecule has 0 atom stereocenters. The number of hydrogen-bond donors (Lipinski definition) is 3. The van der Waals surface area contributed by atoms with Crippen molar-refractivity contribution in [3.63, 3.8) is 0 Å². The summed E-state index contributed by atoms with van der Waals surface area (Å²) in [5, 5.41) is 5.82. The predicted molar refractivity (Wildman–Crippen MR) is 134 cm³/mol. The minimum Gasteiger partial charge on any atom is -0.383 e. The van der Waals surface area contributed by atoms with Crippen molar-refractivity contribution in [1.29, 1.82) is 0 Å². The Kier molecular flexibility index (Phi) is 7.51. The number of thioether (sulfide) groups is 1. The number of halogens is 1. The molecule has 4 N–H and O–H groups in total. The molecule has 0 radical (unpaired) electrons. The Balaban J connectivity index is 1.35. The molecular formula is C23H23ClN6O3S. The first-order valence-electron chi connectivity index (χ1n) is 10.5. The average Bonchev–Trinajstić information content (AvgIpc) is 2.85. The van der Waals surface area contributed by atoms with Crippen molar-refractivity contribution in [3.05, 3.63) is 59.2 Å². The Hall–Kier alpha value is -3.34. The lowest BCUT2D eigenvalue weighted by molar-refractivity contribution is 0.0303. The fourth-order valence-corrected chi connectivity index (χ4v) is 4.28. The zero-order chi connectivity index (χ0) is 24.1. The third-order valence-corrected chi connectivity index (χ3v) is 6.34. The van der Waals surface area contributed by atoms with E-state index in [9.17, 15) is 9.59 Å². The number of benzene rings is 2. The van der Waals surface area contributed by atoms with Crippen molar-refractivity contribution in [2.75, 3.05) is 48.9 Å². The van der Waals surface area contributed by atoms with Crippen molar-refractivity contribution in [2.45, 2.75) is 4.90 Å². The molecule has 1 saturated heterocycles. The summed E-state index contributed by atoms with van der Waals surface area (Å²) in [5.41, 5.74) is 8.39. The van der Waals surface area contributed by atoms with Gasteiger partial charge in [0.25, 0.3) is 5.91 Å². The van der Waals surface area contributed by atoms with E-state index in [-0.39, 0.29) is 5.91 Å². The van der Waals surface area contributed by atoms with Crippen LogP contribution in [-0.2, 0) is 4.74 Å². The molecule has 0 unspecified atom stereocenters. The summed E-state index contributed by atoms with van der Waals surface area (Å²) in [6.07, 6.45) is 1.85. The summed E-state index contributed by atoms with van der Waals surface area (Å²) in [5.74, 6) is 0.680. The first kappa shape index (κ1) is 23.8. The van der Waals surface area contributed by atoms with E-state index in [1.807, 2.05) is 6.26 Å². The van der Waals surface area contributed by atoms with Crippen LogP contribution in [0.1, 0.15) is 10.4 Å². The van der Waals surface area contributed by atoms with E-state index in [0.29, 0.717) is 70.5 Å². The minimum absolute atomic E-state index is 0.0468. The monoisotopic (exact) mass is 498 g/mol. The van der Waals surface area contributed by atoms with Crippen molar-refractivity contribution >= 4 is 52.5 Å². The fraction of sp³-hybridized carbons (Fsp3) is 0.217. The normalized spacial score (nSPS) is 13.4. The number of morpholine rings is 1. The van der Waals surface area contributed by atoms with Crippen molar-refractivity contribution < 1.29 is 14.3 Å². The Labute approximate surface area is 206 Å². The molecule has 0 bridgehead atoms. The van der Waals surface area contributed by atoms with Crippen LogP contribution in [0.3, 0.4) is 0 Å². The molecule has 2 aromatic carbocycles. The molecule has 2 heterocycles. The van der Waals surface area contributed by atoms with Crippen LogP contribution < -0.4 is 16.4 Å². The number of hydrogen-bond acceptors (Lipinski definition) is 7. The third-order valence-electron chi connectivity index (χ3n) is 5.14. The summed E-state index contributed by atoms with van der Waals surface area (Å²) in [6, 6.07) is 13.4. The number of nitrogen functional groups attached to an aromatic ring is 1. The van der Waals surface area contributed by atoms with Crippen LogP contribution in [0.2, 0.25) is 5.15 Å². The average molecular weight is 499 g/mol. The van der Waals surface area contributed by atoms with Crippen LogP contribution in [0.4, 0.5) is 22.0 Å². The van der Waals surface area contributed by atoms with Gasteiger partial charge in [-0.2, -0.15) is 0 Å². The molecule has 0 aliphatic carbocycles. The molecule has 4 rings (SSSR count). The van der Waals surface area contributed by atoms with E-state index >= 15 is 0 Å². The van der Waals surface area contributed by atoms with E-state index in [1.54, 1.807) is 53.4 Å². The maximum Gasteiger partial charge on any atom is 0.323 e. The molecule has 0 saturated carbocycles. The number of nitrogens with zero attached hydrogens (tertiary/aromatic N) is 3. The van der Waals surface area contributed by atoms with Gasteiger partial charge < -0.3 is 26.0 Å². The van der Waals surface area contributed by atoms with Crippen LogP contribution in [-0.4, -0.2) is 59.4 Å².